The number of nitrogens with one attached hydrogen (secondary N) is 1. The fraction of sp³-hybridized carbons (Fsp3) is 0.933. The van der Waals surface area contributed by atoms with Gasteiger partial charge < -0.3 is 20.1 Å². The second-order valence-electron chi connectivity index (χ2n) is 7.62. The summed E-state index contributed by atoms with van der Waals surface area (Å²) < 4.78 is 0. The fourth-order valence-electron chi connectivity index (χ4n) is 3.35. The molecule has 6 nitrogen and oxygen atoms in total. The summed E-state index contributed by atoms with van der Waals surface area (Å²) in [5, 5.41) is 13.0. The van der Waals surface area contributed by atoms with Gasteiger partial charge in [0, 0.05) is 51.9 Å². The van der Waals surface area contributed by atoms with Crippen molar-refractivity contribution in [3.8, 4) is 0 Å². The molecule has 2 aliphatic heterocycles. The quantitative estimate of drug-likeness (QED) is 0.692. The number of carbonyl (C=O) groups excluding carboxylic acids is 1. The highest BCUT2D eigenvalue weighted by molar-refractivity contribution is 6.45. The number of hydrogen-bond acceptors (Lipinski definition) is 5. The summed E-state index contributed by atoms with van der Waals surface area (Å²) in [6, 6.07) is 0.257. The highest BCUT2D eigenvalue weighted by atomic mass is 16.2. The van der Waals surface area contributed by atoms with Gasteiger partial charge in [0.25, 0.3) is 0 Å². The molecule has 1 atom stereocenters. The zero-order valence-corrected chi connectivity index (χ0v) is 14.5. The summed E-state index contributed by atoms with van der Waals surface area (Å²) in [5.74, 6) is 0.243. The van der Waals surface area contributed by atoms with Gasteiger partial charge in [-0.25, -0.2) is 0 Å². The molecule has 0 aromatic heterocycles. The van der Waals surface area contributed by atoms with Crippen LogP contribution in [0, 0.1) is 5.41 Å². The molecule has 2 heterocycles. The first-order valence-corrected chi connectivity index (χ1v) is 8.43. The van der Waals surface area contributed by atoms with Crippen molar-refractivity contribution in [2.75, 3.05) is 52.4 Å². The molecule has 2 fully saturated rings. The van der Waals surface area contributed by atoms with Gasteiger partial charge in [-0.05, 0) is 12.2 Å². The minimum absolute atomic E-state index is 0.0914. The first-order valence-electron chi connectivity index (χ1n) is 8.43. The van der Waals surface area contributed by atoms with Crippen LogP contribution in [0.4, 0.5) is 0 Å². The van der Waals surface area contributed by atoms with E-state index in [4.69, 9.17) is 0 Å². The third kappa shape index (κ3) is 4.44. The maximum atomic E-state index is 12.7. The molecule has 2 saturated heterocycles. The van der Waals surface area contributed by atoms with E-state index in [0.717, 1.165) is 45.8 Å². The molecule has 0 aromatic carbocycles. The van der Waals surface area contributed by atoms with Gasteiger partial charge in [0.05, 0.1) is 6.54 Å². The number of amides is 1. The molecule has 2 rings (SSSR count). The van der Waals surface area contributed by atoms with Gasteiger partial charge in [-0.1, -0.05) is 20.8 Å². The molecule has 2 aliphatic rings. The standard InChI is InChI=1S/C15H31BN4O2/c1-15(2,3)13-11-17-5-6-20(13)14(21)12-18-7-9-19(10-8-18)16(4)22/h13,17,22H,5-12H2,1-4H3/t13-/m1/s1. The predicted octanol–water partition coefficient (Wildman–Crippen LogP) is -0.439. The average molecular weight is 310 g/mol. The van der Waals surface area contributed by atoms with Crippen LogP contribution in [0.3, 0.4) is 0 Å². The minimum atomic E-state index is -0.392. The van der Waals surface area contributed by atoms with E-state index in [1.807, 2.05) is 4.81 Å². The van der Waals surface area contributed by atoms with Crippen LogP contribution in [0.25, 0.3) is 0 Å². The Kier molecular flexibility index (Phi) is 5.88. The van der Waals surface area contributed by atoms with Crippen molar-refractivity contribution >= 4 is 13.0 Å². The molecule has 0 saturated carbocycles. The maximum Gasteiger partial charge on any atom is 0.376 e. The van der Waals surface area contributed by atoms with E-state index in [1.165, 1.54) is 0 Å². The summed E-state index contributed by atoms with van der Waals surface area (Å²) in [6.45, 7) is 14.8. The lowest BCUT2D eigenvalue weighted by atomic mass is 9.84. The molecule has 7 heteroatoms. The Morgan fingerprint density at radius 3 is 2.41 bits per heavy atom. The second-order valence-corrected chi connectivity index (χ2v) is 7.62. The third-order valence-electron chi connectivity index (χ3n) is 4.86. The summed E-state index contributed by atoms with van der Waals surface area (Å²) in [4.78, 5) is 19.1. The van der Waals surface area contributed by atoms with E-state index >= 15 is 0 Å². The van der Waals surface area contributed by atoms with Crippen molar-refractivity contribution in [2.24, 2.45) is 5.41 Å². The van der Waals surface area contributed by atoms with Crippen LogP contribution < -0.4 is 5.32 Å². The van der Waals surface area contributed by atoms with Crippen LogP contribution in [-0.4, -0.2) is 91.0 Å². The van der Waals surface area contributed by atoms with Crippen LogP contribution in [0.15, 0.2) is 0 Å². The largest absolute Gasteiger partial charge is 0.437 e. The van der Waals surface area contributed by atoms with E-state index in [2.05, 4.69) is 35.9 Å². The van der Waals surface area contributed by atoms with E-state index in [0.29, 0.717) is 6.54 Å². The van der Waals surface area contributed by atoms with Gasteiger partial charge in [-0.3, -0.25) is 9.69 Å². The van der Waals surface area contributed by atoms with E-state index in [1.54, 1.807) is 6.82 Å². The maximum absolute atomic E-state index is 12.7. The minimum Gasteiger partial charge on any atom is -0.437 e. The fourth-order valence-corrected chi connectivity index (χ4v) is 3.35. The van der Waals surface area contributed by atoms with Crippen LogP contribution in [0.5, 0.6) is 0 Å². The molecule has 1 amide bonds. The summed E-state index contributed by atoms with van der Waals surface area (Å²) >= 11 is 0. The Morgan fingerprint density at radius 2 is 1.86 bits per heavy atom. The highest BCUT2D eigenvalue weighted by Gasteiger charge is 2.35. The van der Waals surface area contributed by atoms with Crippen LogP contribution in [-0.2, 0) is 4.79 Å². The lowest BCUT2D eigenvalue weighted by Crippen LogP contribution is -2.61. The Hall–Kier alpha value is -0.625. The lowest BCUT2D eigenvalue weighted by molar-refractivity contribution is -0.138. The molecule has 0 radical (unpaired) electrons. The first kappa shape index (κ1) is 17.7. The van der Waals surface area contributed by atoms with Crippen LogP contribution in [0.2, 0.25) is 6.82 Å². The summed E-state index contributed by atoms with van der Waals surface area (Å²) in [5.41, 5.74) is 0.0914. The van der Waals surface area contributed by atoms with Gasteiger partial charge in [-0.2, -0.15) is 0 Å². The monoisotopic (exact) mass is 310 g/mol. The number of hydrogen-bond donors (Lipinski definition) is 2. The Morgan fingerprint density at radius 1 is 1.23 bits per heavy atom. The van der Waals surface area contributed by atoms with Crippen molar-refractivity contribution in [1.82, 2.24) is 19.9 Å². The van der Waals surface area contributed by atoms with Crippen molar-refractivity contribution in [2.45, 2.75) is 33.6 Å². The summed E-state index contributed by atoms with van der Waals surface area (Å²) in [7, 11) is -0.392. The molecular formula is C15H31BN4O2. The SMILES string of the molecule is CB(O)N1CCN(CC(=O)N2CCNC[C@@H]2C(C)(C)C)CC1. The lowest BCUT2D eigenvalue weighted by Gasteiger charge is -2.44. The van der Waals surface area contributed by atoms with Gasteiger partial charge >= 0.3 is 7.05 Å². The van der Waals surface area contributed by atoms with Gasteiger partial charge in [0.1, 0.15) is 0 Å². The molecular weight excluding hydrogens is 279 g/mol. The summed E-state index contributed by atoms with van der Waals surface area (Å²) in [6.07, 6.45) is 0. The van der Waals surface area contributed by atoms with E-state index in [9.17, 15) is 9.82 Å². The van der Waals surface area contributed by atoms with Crippen molar-refractivity contribution in [3.63, 3.8) is 0 Å². The molecule has 0 bridgehead atoms. The predicted molar refractivity (Wildman–Crippen MR) is 89.7 cm³/mol. The van der Waals surface area contributed by atoms with E-state index < -0.39 is 7.05 Å². The van der Waals surface area contributed by atoms with Gasteiger partial charge in [-0.15, -0.1) is 0 Å². The molecule has 0 aliphatic carbocycles. The number of carbonyl (C=O) groups is 1. The number of nitrogens with zero attached hydrogens (tertiary/aromatic N) is 3. The number of rotatable bonds is 3. The topological polar surface area (TPSA) is 59.1 Å². The van der Waals surface area contributed by atoms with Gasteiger partial charge in [0.2, 0.25) is 5.91 Å². The zero-order chi connectivity index (χ0) is 16.3. The van der Waals surface area contributed by atoms with E-state index in [-0.39, 0.29) is 17.4 Å². The van der Waals surface area contributed by atoms with Crippen molar-refractivity contribution in [3.05, 3.63) is 0 Å². The molecule has 2 N–H and O–H groups in total. The highest BCUT2D eigenvalue weighted by Crippen LogP contribution is 2.25. The molecule has 126 valence electrons. The Bertz CT molecular complexity index is 378. The first-order chi connectivity index (χ1) is 10.3. The van der Waals surface area contributed by atoms with Crippen LogP contribution in [0.1, 0.15) is 20.8 Å². The zero-order valence-electron chi connectivity index (χ0n) is 14.5. The van der Waals surface area contributed by atoms with Crippen molar-refractivity contribution in [1.29, 1.82) is 0 Å². The average Bonchev–Trinajstić information content (AvgIpc) is 2.47. The number of piperazine rings is 2. The molecule has 22 heavy (non-hydrogen) atoms. The second kappa shape index (κ2) is 7.30. The third-order valence-corrected chi connectivity index (χ3v) is 4.86. The molecule has 0 aromatic rings. The van der Waals surface area contributed by atoms with Gasteiger partial charge in [0.15, 0.2) is 0 Å². The molecule has 0 unspecified atom stereocenters. The normalized spacial score (nSPS) is 25.3. The van der Waals surface area contributed by atoms with Crippen LogP contribution >= 0.6 is 0 Å². The van der Waals surface area contributed by atoms with Crippen molar-refractivity contribution < 1.29 is 9.82 Å². The smallest absolute Gasteiger partial charge is 0.376 e. The Balaban J connectivity index is 1.88. The molecule has 0 spiro atoms. The Labute approximate surface area is 135 Å².